The maximum absolute atomic E-state index is 13.2. The molecular weight excluding hydrogens is 287 g/mol. The number of rotatable bonds is 7. The molecule has 0 saturated heterocycles. The standard InChI is InChI=1S/C16H23O4P/c1-6-21(18,7-2)15(12(3)16(17)20-5)13-8-10-14(19-4)11-9-13/h8-11,15H,3,6-7H2,1-2,4-5H3/t15-/m0/s1. The first kappa shape index (κ1) is 17.5. The van der Waals surface area contributed by atoms with Crippen LogP contribution in [0.2, 0.25) is 0 Å². The number of esters is 1. The van der Waals surface area contributed by atoms with Crippen molar-refractivity contribution in [3.05, 3.63) is 42.0 Å². The number of hydrogen-bond donors (Lipinski definition) is 0. The van der Waals surface area contributed by atoms with Crippen LogP contribution in [0.25, 0.3) is 0 Å². The molecule has 0 aromatic heterocycles. The molecule has 0 aliphatic heterocycles. The molecule has 0 amide bonds. The fourth-order valence-corrected chi connectivity index (χ4v) is 4.94. The van der Waals surface area contributed by atoms with Gasteiger partial charge >= 0.3 is 5.97 Å². The Kier molecular flexibility index (Phi) is 6.22. The van der Waals surface area contributed by atoms with Crippen LogP contribution in [0.15, 0.2) is 36.4 Å². The summed E-state index contributed by atoms with van der Waals surface area (Å²) in [6.07, 6.45) is 1.02. The summed E-state index contributed by atoms with van der Waals surface area (Å²) in [5.41, 5.74) is 0.541. The van der Waals surface area contributed by atoms with Crippen LogP contribution in [0.4, 0.5) is 0 Å². The lowest BCUT2D eigenvalue weighted by Gasteiger charge is -2.27. The van der Waals surface area contributed by atoms with Gasteiger partial charge in [-0.05, 0) is 30.0 Å². The van der Waals surface area contributed by atoms with Gasteiger partial charge in [-0.25, -0.2) is 4.79 Å². The van der Waals surface area contributed by atoms with E-state index in [9.17, 15) is 9.36 Å². The van der Waals surface area contributed by atoms with Crippen molar-refractivity contribution in [2.45, 2.75) is 19.5 Å². The average molecular weight is 310 g/mol. The lowest BCUT2D eigenvalue weighted by molar-refractivity contribution is -0.136. The number of hydrogen-bond acceptors (Lipinski definition) is 4. The first-order valence-corrected chi connectivity index (χ1v) is 9.07. The molecule has 4 nitrogen and oxygen atoms in total. The van der Waals surface area contributed by atoms with E-state index in [2.05, 4.69) is 6.58 Å². The molecule has 1 aromatic carbocycles. The molecule has 0 aliphatic rings. The molecule has 5 heteroatoms. The number of carbonyl (C=O) groups is 1. The van der Waals surface area contributed by atoms with Gasteiger partial charge in [-0.2, -0.15) is 0 Å². The Bertz CT molecular complexity index is 540. The summed E-state index contributed by atoms with van der Waals surface area (Å²) in [5.74, 6) is 0.196. The molecule has 0 spiro atoms. The monoisotopic (exact) mass is 310 g/mol. The van der Waals surface area contributed by atoms with E-state index >= 15 is 0 Å². The molecule has 0 bridgehead atoms. The molecule has 1 aromatic rings. The molecule has 0 saturated carbocycles. The predicted octanol–water partition coefficient (Wildman–Crippen LogP) is 3.87. The summed E-state index contributed by atoms with van der Waals surface area (Å²) < 4.78 is 23.1. The van der Waals surface area contributed by atoms with Gasteiger partial charge in [0.05, 0.1) is 27.0 Å². The molecule has 0 aliphatic carbocycles. The van der Waals surface area contributed by atoms with E-state index in [0.717, 1.165) is 5.56 Å². The van der Waals surface area contributed by atoms with Crippen molar-refractivity contribution < 1.29 is 18.8 Å². The fraction of sp³-hybridized carbons (Fsp3) is 0.438. The van der Waals surface area contributed by atoms with Gasteiger partial charge in [-0.1, -0.05) is 32.6 Å². The molecule has 1 rings (SSSR count). The van der Waals surface area contributed by atoms with Crippen molar-refractivity contribution in [3.8, 4) is 5.75 Å². The van der Waals surface area contributed by atoms with E-state index in [1.54, 1.807) is 19.2 Å². The van der Waals surface area contributed by atoms with Crippen molar-refractivity contribution in [1.82, 2.24) is 0 Å². The van der Waals surface area contributed by atoms with Crippen LogP contribution in [0.5, 0.6) is 5.75 Å². The highest BCUT2D eigenvalue weighted by Gasteiger charge is 2.36. The van der Waals surface area contributed by atoms with Crippen LogP contribution in [-0.4, -0.2) is 32.5 Å². The second-order valence-corrected chi connectivity index (χ2v) is 8.46. The first-order valence-electron chi connectivity index (χ1n) is 6.92. The normalized spacial score (nSPS) is 12.6. The molecule has 116 valence electrons. The van der Waals surface area contributed by atoms with Gasteiger partial charge in [-0.15, -0.1) is 0 Å². The number of benzene rings is 1. The highest BCUT2D eigenvalue weighted by atomic mass is 31.2. The van der Waals surface area contributed by atoms with Crippen LogP contribution < -0.4 is 4.74 Å². The van der Waals surface area contributed by atoms with Gasteiger partial charge in [0.1, 0.15) is 5.75 Å². The largest absolute Gasteiger partial charge is 0.497 e. The van der Waals surface area contributed by atoms with E-state index in [1.165, 1.54) is 7.11 Å². The molecule has 0 radical (unpaired) electrons. The Morgan fingerprint density at radius 2 is 1.71 bits per heavy atom. The molecule has 1 atom stereocenters. The Hall–Kier alpha value is -1.54. The quantitative estimate of drug-likeness (QED) is 0.436. The van der Waals surface area contributed by atoms with Crippen LogP contribution >= 0.6 is 7.14 Å². The molecular formula is C16H23O4P. The van der Waals surface area contributed by atoms with E-state index in [4.69, 9.17) is 9.47 Å². The minimum absolute atomic E-state index is 0.245. The van der Waals surface area contributed by atoms with E-state index in [-0.39, 0.29) is 5.57 Å². The first-order chi connectivity index (χ1) is 9.93. The van der Waals surface area contributed by atoms with E-state index < -0.39 is 18.8 Å². The SMILES string of the molecule is C=C(C(=O)OC)[C@@H](c1ccc(OC)cc1)P(=O)(CC)CC. The van der Waals surface area contributed by atoms with Gasteiger partial charge in [0.25, 0.3) is 0 Å². The highest BCUT2D eigenvalue weighted by Crippen LogP contribution is 2.61. The van der Waals surface area contributed by atoms with E-state index in [0.29, 0.717) is 18.1 Å². The zero-order valence-electron chi connectivity index (χ0n) is 13.1. The molecule has 21 heavy (non-hydrogen) atoms. The van der Waals surface area contributed by atoms with Gasteiger partial charge in [-0.3, -0.25) is 0 Å². The Balaban J connectivity index is 3.33. The second kappa shape index (κ2) is 7.46. The maximum Gasteiger partial charge on any atom is 0.334 e. The molecule has 0 N–H and O–H groups in total. The average Bonchev–Trinajstić information content (AvgIpc) is 2.54. The van der Waals surface area contributed by atoms with Crippen molar-refractivity contribution in [3.63, 3.8) is 0 Å². The third-order valence-corrected chi connectivity index (χ3v) is 7.44. The zero-order valence-corrected chi connectivity index (χ0v) is 14.0. The second-order valence-electron chi connectivity index (χ2n) is 4.78. The Morgan fingerprint density at radius 3 is 2.10 bits per heavy atom. The van der Waals surface area contributed by atoms with Crippen molar-refractivity contribution >= 4 is 13.1 Å². The number of carbonyl (C=O) groups excluding carboxylic acids is 1. The van der Waals surface area contributed by atoms with Crippen LogP contribution in [0.3, 0.4) is 0 Å². The lowest BCUT2D eigenvalue weighted by Crippen LogP contribution is -2.15. The molecule has 0 unspecified atom stereocenters. The van der Waals surface area contributed by atoms with Crippen LogP contribution in [0.1, 0.15) is 25.1 Å². The summed E-state index contributed by atoms with van der Waals surface area (Å²) in [7, 11) is 0.292. The van der Waals surface area contributed by atoms with E-state index in [1.807, 2.05) is 26.0 Å². The van der Waals surface area contributed by atoms with Gasteiger partial charge in [0.2, 0.25) is 0 Å². The van der Waals surface area contributed by atoms with Gasteiger partial charge in [0.15, 0.2) is 0 Å². The van der Waals surface area contributed by atoms with Crippen LogP contribution in [0, 0.1) is 0 Å². The molecule has 0 fully saturated rings. The third kappa shape index (κ3) is 3.76. The fourth-order valence-electron chi connectivity index (χ4n) is 2.37. The number of methoxy groups -OCH3 is 2. The van der Waals surface area contributed by atoms with Crippen molar-refractivity contribution in [1.29, 1.82) is 0 Å². The molecule has 0 heterocycles. The third-order valence-electron chi connectivity index (χ3n) is 3.75. The van der Waals surface area contributed by atoms with Crippen LogP contribution in [-0.2, 0) is 14.1 Å². The maximum atomic E-state index is 13.2. The summed E-state index contributed by atoms with van der Waals surface area (Å²) >= 11 is 0. The van der Waals surface area contributed by atoms with Crippen molar-refractivity contribution in [2.24, 2.45) is 0 Å². The summed E-state index contributed by atoms with van der Waals surface area (Å²) in [6, 6.07) is 7.25. The Labute approximate surface area is 126 Å². The zero-order chi connectivity index (χ0) is 16.0. The van der Waals surface area contributed by atoms with Gasteiger partial charge in [0, 0.05) is 5.57 Å². The lowest BCUT2D eigenvalue weighted by atomic mass is 10.1. The smallest absolute Gasteiger partial charge is 0.334 e. The summed E-state index contributed by atoms with van der Waals surface area (Å²) in [6.45, 7) is 7.59. The Morgan fingerprint density at radius 1 is 1.19 bits per heavy atom. The van der Waals surface area contributed by atoms with Crippen molar-refractivity contribution in [2.75, 3.05) is 26.5 Å². The summed E-state index contributed by atoms with van der Waals surface area (Å²) in [5, 5.41) is 0. The minimum atomic E-state index is -2.60. The topological polar surface area (TPSA) is 52.6 Å². The highest BCUT2D eigenvalue weighted by molar-refractivity contribution is 7.64. The predicted molar refractivity (Wildman–Crippen MR) is 85.6 cm³/mol. The summed E-state index contributed by atoms with van der Waals surface area (Å²) in [4.78, 5) is 11.9. The minimum Gasteiger partial charge on any atom is -0.497 e. The number of ether oxygens (including phenoxy) is 2. The van der Waals surface area contributed by atoms with Gasteiger partial charge < -0.3 is 14.0 Å².